The lowest BCUT2D eigenvalue weighted by Gasteiger charge is -2.41. The van der Waals surface area contributed by atoms with Crippen molar-refractivity contribution in [2.75, 3.05) is 13.2 Å². The summed E-state index contributed by atoms with van der Waals surface area (Å²) in [6, 6.07) is 6.79. The molecule has 3 aliphatic rings. The second-order valence-electron chi connectivity index (χ2n) is 9.37. The van der Waals surface area contributed by atoms with Gasteiger partial charge in [0.1, 0.15) is 18.1 Å². The molecule has 2 fully saturated rings. The number of aromatic hydroxyl groups is 1. The fraction of sp³-hybridized carbons (Fsp3) is 0.542. The first kappa shape index (κ1) is 20.8. The second kappa shape index (κ2) is 7.99. The van der Waals surface area contributed by atoms with Gasteiger partial charge in [0, 0.05) is 30.4 Å². The second-order valence-corrected chi connectivity index (χ2v) is 9.37. The number of nitrogens with zero attached hydrogens (tertiary/aromatic N) is 1. The van der Waals surface area contributed by atoms with Crippen LogP contribution < -0.4 is 0 Å². The molecule has 1 N–H and O–H groups in total. The molecule has 1 aromatic rings. The summed E-state index contributed by atoms with van der Waals surface area (Å²) in [6.45, 7) is 6.82. The van der Waals surface area contributed by atoms with E-state index in [0.717, 1.165) is 24.1 Å². The summed E-state index contributed by atoms with van der Waals surface area (Å²) in [7, 11) is 0. The van der Waals surface area contributed by atoms with Crippen LogP contribution in [-0.4, -0.2) is 41.9 Å². The first-order valence-electron chi connectivity index (χ1n) is 10.6. The smallest absolute Gasteiger partial charge is 0.336 e. The number of ketones is 1. The Labute approximate surface area is 177 Å². The van der Waals surface area contributed by atoms with Crippen molar-refractivity contribution in [1.29, 1.82) is 0 Å². The number of Topliss-reactive ketones (excluding diaryl/α,β-unsaturated/α-hetero) is 1. The number of allylic oxidation sites excluding steroid dienone is 1. The fourth-order valence-electron chi connectivity index (χ4n) is 4.96. The Balaban J connectivity index is 1.72. The lowest BCUT2D eigenvalue weighted by molar-refractivity contribution is -0.142. The maximum Gasteiger partial charge on any atom is 0.336 e. The normalized spacial score (nSPS) is 28.2. The molecule has 0 unspecified atom stereocenters. The average molecular weight is 411 g/mol. The minimum atomic E-state index is -0.509. The monoisotopic (exact) mass is 411 g/mol. The first-order valence-corrected chi connectivity index (χ1v) is 10.6. The Bertz CT molecular complexity index is 923. The van der Waals surface area contributed by atoms with Gasteiger partial charge in [0.2, 0.25) is 0 Å². The number of esters is 1. The summed E-state index contributed by atoms with van der Waals surface area (Å²) >= 11 is 0. The molecule has 0 spiro atoms. The third-order valence-electron chi connectivity index (χ3n) is 6.24. The number of aliphatic imine (C=N–C) groups is 1. The van der Waals surface area contributed by atoms with Gasteiger partial charge >= 0.3 is 5.97 Å². The van der Waals surface area contributed by atoms with Crippen molar-refractivity contribution in [2.24, 2.45) is 16.3 Å². The van der Waals surface area contributed by atoms with E-state index >= 15 is 0 Å². The zero-order valence-electron chi connectivity index (χ0n) is 17.8. The molecule has 30 heavy (non-hydrogen) atoms. The van der Waals surface area contributed by atoms with E-state index in [0.29, 0.717) is 30.7 Å². The van der Waals surface area contributed by atoms with Gasteiger partial charge in [-0.1, -0.05) is 26.0 Å². The number of benzene rings is 1. The summed E-state index contributed by atoms with van der Waals surface area (Å²) in [4.78, 5) is 31.1. The first-order chi connectivity index (χ1) is 14.2. The van der Waals surface area contributed by atoms with Crippen molar-refractivity contribution in [3.8, 4) is 5.75 Å². The lowest BCUT2D eigenvalue weighted by atomic mass is 9.63. The van der Waals surface area contributed by atoms with E-state index in [1.807, 2.05) is 6.07 Å². The van der Waals surface area contributed by atoms with Crippen LogP contribution in [0.25, 0.3) is 0 Å². The highest BCUT2D eigenvalue weighted by Gasteiger charge is 2.47. The van der Waals surface area contributed by atoms with Gasteiger partial charge in [0.05, 0.1) is 17.6 Å². The van der Waals surface area contributed by atoms with Gasteiger partial charge in [0.25, 0.3) is 0 Å². The van der Waals surface area contributed by atoms with Gasteiger partial charge in [-0.3, -0.25) is 9.79 Å². The van der Waals surface area contributed by atoms with Gasteiger partial charge in [-0.15, -0.1) is 0 Å². The Kier molecular flexibility index (Phi) is 5.53. The number of carbonyl (C=O) groups excluding carboxylic acids is 2. The average Bonchev–Trinajstić information content (AvgIpc) is 3.17. The molecule has 6 heteroatoms. The van der Waals surface area contributed by atoms with Crippen molar-refractivity contribution in [1.82, 2.24) is 0 Å². The van der Waals surface area contributed by atoms with Crippen LogP contribution in [0.3, 0.4) is 0 Å². The Morgan fingerprint density at radius 1 is 1.30 bits per heavy atom. The van der Waals surface area contributed by atoms with Crippen LogP contribution in [0.1, 0.15) is 57.9 Å². The van der Waals surface area contributed by atoms with E-state index in [9.17, 15) is 14.7 Å². The number of phenols is 1. The number of rotatable bonds is 4. The molecule has 1 saturated heterocycles. The van der Waals surface area contributed by atoms with E-state index in [4.69, 9.17) is 14.5 Å². The van der Waals surface area contributed by atoms with Crippen LogP contribution in [0.5, 0.6) is 5.75 Å². The molecular weight excluding hydrogens is 382 g/mol. The maximum atomic E-state index is 13.2. The van der Waals surface area contributed by atoms with Crippen LogP contribution in [0.2, 0.25) is 0 Å². The van der Waals surface area contributed by atoms with Gasteiger partial charge in [-0.2, -0.15) is 0 Å². The van der Waals surface area contributed by atoms with Gasteiger partial charge in [-0.05, 0) is 49.3 Å². The van der Waals surface area contributed by atoms with Gasteiger partial charge in [0.15, 0.2) is 0 Å². The molecule has 1 aliphatic carbocycles. The number of carbonyl (C=O) groups is 2. The largest absolute Gasteiger partial charge is 0.508 e. The SMILES string of the molecule is CC1=C(C(=O)OC[C@@H]2CCCO2)[C@H](c2cccc(O)c2)[C@@H]2C(=O)CC(C)(C)CC2=N1. The molecule has 1 saturated carbocycles. The Morgan fingerprint density at radius 2 is 2.10 bits per heavy atom. The molecule has 0 bridgehead atoms. The van der Waals surface area contributed by atoms with Crippen molar-refractivity contribution in [3.63, 3.8) is 0 Å². The summed E-state index contributed by atoms with van der Waals surface area (Å²) in [5, 5.41) is 10.1. The van der Waals surface area contributed by atoms with Crippen LogP contribution in [0.4, 0.5) is 0 Å². The quantitative estimate of drug-likeness (QED) is 0.759. The third kappa shape index (κ3) is 4.06. The third-order valence-corrected chi connectivity index (χ3v) is 6.24. The van der Waals surface area contributed by atoms with Crippen molar-refractivity contribution < 1.29 is 24.2 Å². The van der Waals surface area contributed by atoms with Crippen molar-refractivity contribution in [3.05, 3.63) is 41.1 Å². The molecule has 0 radical (unpaired) electrons. The van der Waals surface area contributed by atoms with Gasteiger partial charge < -0.3 is 14.6 Å². The number of phenolic OH excluding ortho intramolecular Hbond substituents is 1. The van der Waals surface area contributed by atoms with E-state index in [-0.39, 0.29) is 29.7 Å². The number of hydrogen-bond donors (Lipinski definition) is 1. The Morgan fingerprint density at radius 3 is 2.80 bits per heavy atom. The highest BCUT2D eigenvalue weighted by Crippen LogP contribution is 2.47. The fourth-order valence-corrected chi connectivity index (χ4v) is 4.96. The molecule has 4 rings (SSSR count). The van der Waals surface area contributed by atoms with Crippen LogP contribution in [-0.2, 0) is 19.1 Å². The van der Waals surface area contributed by atoms with Crippen LogP contribution >= 0.6 is 0 Å². The molecule has 6 nitrogen and oxygen atoms in total. The summed E-state index contributed by atoms with van der Waals surface area (Å²) in [6.07, 6.45) is 2.90. The minimum absolute atomic E-state index is 0.0751. The highest BCUT2D eigenvalue weighted by molar-refractivity contribution is 6.12. The molecular formula is C24H29NO5. The van der Waals surface area contributed by atoms with Crippen molar-refractivity contribution >= 4 is 17.5 Å². The zero-order valence-corrected chi connectivity index (χ0v) is 17.8. The Hall–Kier alpha value is -2.47. The summed E-state index contributed by atoms with van der Waals surface area (Å²) in [5.74, 6) is -1.30. The molecule has 1 aromatic carbocycles. The molecule has 0 amide bonds. The predicted molar refractivity (Wildman–Crippen MR) is 112 cm³/mol. The molecule has 3 atom stereocenters. The van der Waals surface area contributed by atoms with E-state index in [2.05, 4.69) is 13.8 Å². The molecule has 0 aromatic heterocycles. The van der Waals surface area contributed by atoms with Crippen LogP contribution in [0, 0.1) is 11.3 Å². The lowest BCUT2D eigenvalue weighted by Crippen LogP contribution is -2.44. The van der Waals surface area contributed by atoms with E-state index < -0.39 is 17.8 Å². The molecule has 2 heterocycles. The number of fused-ring (bicyclic) bond motifs is 1. The molecule has 2 aliphatic heterocycles. The summed E-state index contributed by atoms with van der Waals surface area (Å²) < 4.78 is 11.2. The molecule has 160 valence electrons. The zero-order chi connectivity index (χ0) is 21.5. The topological polar surface area (TPSA) is 85.2 Å². The predicted octanol–water partition coefficient (Wildman–Crippen LogP) is 3.93. The standard InChI is InChI=1S/C24H29NO5/c1-14-20(23(28)30-13-17-8-5-9-29-17)21(15-6-4-7-16(26)10-15)22-18(25-14)11-24(2,3)12-19(22)27/h4,6-7,10,17,21-22,26H,5,8-9,11-13H2,1-3H3/t17-,21-,22-/m0/s1. The maximum absolute atomic E-state index is 13.2. The minimum Gasteiger partial charge on any atom is -0.508 e. The van der Waals surface area contributed by atoms with Gasteiger partial charge in [-0.25, -0.2) is 4.79 Å². The number of hydrogen-bond acceptors (Lipinski definition) is 6. The highest BCUT2D eigenvalue weighted by atomic mass is 16.6. The van der Waals surface area contributed by atoms with Crippen molar-refractivity contribution in [2.45, 2.75) is 58.5 Å². The summed E-state index contributed by atoms with van der Waals surface area (Å²) in [5.41, 5.74) is 2.37. The van der Waals surface area contributed by atoms with E-state index in [1.165, 1.54) is 0 Å². The number of ether oxygens (including phenoxy) is 2. The van der Waals surface area contributed by atoms with Crippen LogP contribution in [0.15, 0.2) is 40.5 Å². The van der Waals surface area contributed by atoms with E-state index in [1.54, 1.807) is 25.1 Å².